The molecule has 0 bridgehead atoms. The Bertz CT molecular complexity index is 973. The number of nitrogens with zero attached hydrogens (tertiary/aromatic N) is 2. The van der Waals surface area contributed by atoms with E-state index in [4.69, 9.17) is 10.6 Å². The van der Waals surface area contributed by atoms with Gasteiger partial charge in [0.1, 0.15) is 5.84 Å². The van der Waals surface area contributed by atoms with Crippen LogP contribution in [0.25, 0.3) is 0 Å². The first-order valence-corrected chi connectivity index (χ1v) is 10.9. The molecule has 0 amide bonds. The minimum Gasteiger partial charge on any atom is -0.386 e. The topological polar surface area (TPSA) is 50.8 Å². The lowest BCUT2D eigenvalue weighted by molar-refractivity contribution is -0.0548. The van der Waals surface area contributed by atoms with E-state index in [2.05, 4.69) is 16.1 Å². The summed E-state index contributed by atoms with van der Waals surface area (Å²) in [5.74, 6) is -0.451. The Morgan fingerprint density at radius 2 is 1.83 bits per heavy atom. The highest BCUT2D eigenvalue weighted by Crippen LogP contribution is 2.44. The molecule has 1 aliphatic carbocycles. The van der Waals surface area contributed by atoms with Gasteiger partial charge in [0.15, 0.2) is 17.2 Å². The second-order valence-corrected chi connectivity index (χ2v) is 8.71. The zero-order valence-corrected chi connectivity index (χ0v) is 17.0. The van der Waals surface area contributed by atoms with Crippen LogP contribution in [0.15, 0.2) is 47.6 Å². The van der Waals surface area contributed by atoms with Gasteiger partial charge in [-0.1, -0.05) is 54.4 Å². The summed E-state index contributed by atoms with van der Waals surface area (Å²) in [6.07, 6.45) is 6.03. The minimum atomic E-state index is -0.831. The molecule has 2 aromatic carbocycles. The monoisotopic (exact) mass is 411 g/mol. The number of halogens is 2. The van der Waals surface area contributed by atoms with E-state index in [-0.39, 0.29) is 0 Å². The van der Waals surface area contributed by atoms with E-state index in [1.54, 1.807) is 12.1 Å². The maximum atomic E-state index is 14.9. The van der Waals surface area contributed by atoms with Gasteiger partial charge in [0.25, 0.3) is 0 Å². The first-order chi connectivity index (χ1) is 14.6. The van der Waals surface area contributed by atoms with E-state index in [1.807, 2.05) is 18.2 Å². The molecule has 4 nitrogen and oxygen atoms in total. The predicted octanol–water partition coefficient (Wildman–Crippen LogP) is 4.53. The maximum Gasteiger partial charge on any atom is 0.164 e. The lowest BCUT2D eigenvalue weighted by Crippen LogP contribution is -2.47. The van der Waals surface area contributed by atoms with Crippen molar-refractivity contribution in [2.24, 2.45) is 16.8 Å². The van der Waals surface area contributed by atoms with Crippen LogP contribution in [0.4, 0.5) is 8.78 Å². The third kappa shape index (κ3) is 3.09. The van der Waals surface area contributed by atoms with E-state index < -0.39 is 23.3 Å². The summed E-state index contributed by atoms with van der Waals surface area (Å²) in [5.41, 5.74) is 8.17. The van der Waals surface area contributed by atoms with Gasteiger partial charge in [0.2, 0.25) is 0 Å². The van der Waals surface area contributed by atoms with Gasteiger partial charge in [-0.25, -0.2) is 8.78 Å². The van der Waals surface area contributed by atoms with Gasteiger partial charge in [-0.15, -0.1) is 0 Å². The average molecular weight is 411 g/mol. The molecule has 0 unspecified atom stereocenters. The molecule has 2 N–H and O–H groups in total. The molecule has 30 heavy (non-hydrogen) atoms. The Kier molecular flexibility index (Phi) is 4.97. The normalized spacial score (nSPS) is 26.4. The second-order valence-electron chi connectivity index (χ2n) is 8.71. The molecule has 2 aliphatic heterocycles. The van der Waals surface area contributed by atoms with Gasteiger partial charge in [-0.05, 0) is 36.5 Å². The van der Waals surface area contributed by atoms with Crippen LogP contribution in [0.1, 0.15) is 54.8 Å². The summed E-state index contributed by atoms with van der Waals surface area (Å²) in [5, 5.41) is 4.48. The summed E-state index contributed by atoms with van der Waals surface area (Å²) in [4.78, 5) is 8.11. The molecule has 1 fully saturated rings. The Morgan fingerprint density at radius 1 is 1.07 bits per heavy atom. The highest BCUT2D eigenvalue weighted by Gasteiger charge is 2.48. The summed E-state index contributed by atoms with van der Waals surface area (Å²) >= 11 is 0. The molecular formula is C24H27F2N3O. The Morgan fingerprint density at radius 3 is 2.63 bits per heavy atom. The number of amidine groups is 1. The van der Waals surface area contributed by atoms with Crippen molar-refractivity contribution in [3.05, 3.63) is 70.8 Å². The second kappa shape index (κ2) is 7.65. The number of rotatable bonds is 3. The highest BCUT2D eigenvalue weighted by atomic mass is 19.2. The van der Waals surface area contributed by atoms with Crippen molar-refractivity contribution in [3.63, 3.8) is 0 Å². The fourth-order valence-corrected chi connectivity index (χ4v) is 5.49. The minimum absolute atomic E-state index is 0.330. The lowest BCUT2D eigenvalue weighted by atomic mass is 9.82. The summed E-state index contributed by atoms with van der Waals surface area (Å²) in [6, 6.07) is 12.0. The summed E-state index contributed by atoms with van der Waals surface area (Å²) in [6.45, 7) is 1.08. The van der Waals surface area contributed by atoms with Gasteiger partial charge in [-0.2, -0.15) is 0 Å². The molecule has 2 atom stereocenters. The smallest absolute Gasteiger partial charge is 0.164 e. The lowest BCUT2D eigenvalue weighted by Gasteiger charge is -2.39. The number of hydrogen-bond acceptors (Lipinski definition) is 4. The van der Waals surface area contributed by atoms with E-state index in [0.717, 1.165) is 42.3 Å². The summed E-state index contributed by atoms with van der Waals surface area (Å²) in [7, 11) is 0. The average Bonchev–Trinajstić information content (AvgIpc) is 3.46. The van der Waals surface area contributed by atoms with Gasteiger partial charge in [0, 0.05) is 24.6 Å². The molecule has 1 saturated carbocycles. The molecule has 3 aliphatic rings. The van der Waals surface area contributed by atoms with Crippen molar-refractivity contribution < 1.29 is 13.6 Å². The zero-order chi connectivity index (χ0) is 20.7. The standard InChI is InChI=1S/C24H27F2N3O/c25-20-11-5-10-19(22(20)26)23-18-9-4-1-6-16(18)12-13-29(23)21-14-24(15-27,30-28-21)17-7-2-3-8-17/h1,4-6,9-11,17,23H,2-3,7-8,12-15,27H2/t23-,24-/m1/s1. The number of fused-ring (bicyclic) bond motifs is 1. The first kappa shape index (κ1) is 19.5. The molecule has 2 heterocycles. The van der Waals surface area contributed by atoms with E-state index in [0.29, 0.717) is 31.0 Å². The molecular weight excluding hydrogens is 384 g/mol. The van der Waals surface area contributed by atoms with Crippen molar-refractivity contribution in [1.82, 2.24) is 4.90 Å². The van der Waals surface area contributed by atoms with Crippen LogP contribution in [0.2, 0.25) is 0 Å². The SMILES string of the molecule is NC[C@@]1(C2CCCC2)CC(N2CCc3ccccc3[C@@H]2c2cccc(F)c2F)=NO1. The van der Waals surface area contributed by atoms with Crippen molar-refractivity contribution in [2.45, 2.75) is 50.2 Å². The fourth-order valence-electron chi connectivity index (χ4n) is 5.49. The third-order valence-corrected chi connectivity index (χ3v) is 7.13. The maximum absolute atomic E-state index is 14.9. The van der Waals surface area contributed by atoms with E-state index in [9.17, 15) is 8.78 Å². The van der Waals surface area contributed by atoms with Crippen LogP contribution in [-0.4, -0.2) is 29.4 Å². The Balaban J connectivity index is 1.53. The molecule has 6 heteroatoms. The number of nitrogens with two attached hydrogens (primary N) is 1. The molecule has 158 valence electrons. The van der Waals surface area contributed by atoms with Crippen molar-refractivity contribution >= 4 is 5.84 Å². The summed E-state index contributed by atoms with van der Waals surface area (Å²) < 4.78 is 29.0. The van der Waals surface area contributed by atoms with Crippen LogP contribution in [0, 0.1) is 17.6 Å². The van der Waals surface area contributed by atoms with Gasteiger partial charge < -0.3 is 15.5 Å². The van der Waals surface area contributed by atoms with E-state index in [1.165, 1.54) is 12.8 Å². The van der Waals surface area contributed by atoms with Crippen LogP contribution >= 0.6 is 0 Å². The van der Waals surface area contributed by atoms with Crippen LogP contribution < -0.4 is 5.73 Å². The predicted molar refractivity (Wildman–Crippen MR) is 112 cm³/mol. The largest absolute Gasteiger partial charge is 0.386 e. The molecule has 2 aromatic rings. The molecule has 0 radical (unpaired) electrons. The van der Waals surface area contributed by atoms with Crippen molar-refractivity contribution in [3.8, 4) is 0 Å². The first-order valence-electron chi connectivity index (χ1n) is 10.9. The zero-order valence-electron chi connectivity index (χ0n) is 17.0. The Labute approximate surface area is 175 Å². The van der Waals surface area contributed by atoms with Crippen LogP contribution in [-0.2, 0) is 11.3 Å². The van der Waals surface area contributed by atoms with E-state index >= 15 is 0 Å². The molecule has 0 spiro atoms. The van der Waals surface area contributed by atoms with Gasteiger partial charge in [0.05, 0.1) is 12.5 Å². The van der Waals surface area contributed by atoms with Crippen molar-refractivity contribution in [2.75, 3.05) is 13.1 Å². The highest BCUT2D eigenvalue weighted by molar-refractivity contribution is 5.85. The van der Waals surface area contributed by atoms with Gasteiger partial charge >= 0.3 is 0 Å². The quantitative estimate of drug-likeness (QED) is 0.807. The number of benzene rings is 2. The third-order valence-electron chi connectivity index (χ3n) is 7.13. The van der Waals surface area contributed by atoms with Crippen molar-refractivity contribution in [1.29, 1.82) is 0 Å². The van der Waals surface area contributed by atoms with Crippen LogP contribution in [0.5, 0.6) is 0 Å². The van der Waals surface area contributed by atoms with Crippen LogP contribution in [0.3, 0.4) is 0 Å². The van der Waals surface area contributed by atoms with Gasteiger partial charge in [-0.3, -0.25) is 0 Å². The molecule has 0 aromatic heterocycles. The Hall–Kier alpha value is -2.47. The molecule has 5 rings (SSSR count). The number of oxime groups is 1. The fraction of sp³-hybridized carbons (Fsp3) is 0.458. The molecule has 0 saturated heterocycles. The number of hydrogen-bond donors (Lipinski definition) is 1.